The Kier molecular flexibility index (Phi) is 4.25. The van der Waals surface area contributed by atoms with Gasteiger partial charge in [-0.3, -0.25) is 4.68 Å². The first-order chi connectivity index (χ1) is 8.52. The monoisotopic (exact) mass is 327 g/mol. The maximum atomic E-state index is 6.29. The number of rotatable bonds is 4. The zero-order valence-electron chi connectivity index (χ0n) is 10.9. The van der Waals surface area contributed by atoms with Gasteiger partial charge in [0.15, 0.2) is 0 Å². The van der Waals surface area contributed by atoms with E-state index in [1.54, 1.807) is 11.3 Å². The van der Waals surface area contributed by atoms with Gasteiger partial charge in [0.25, 0.3) is 0 Å². The molecular formula is C13H18BrN3S. The van der Waals surface area contributed by atoms with Crippen LogP contribution in [0.2, 0.25) is 0 Å². The smallest absolute Gasteiger partial charge is 0.0738 e. The zero-order valence-corrected chi connectivity index (χ0v) is 13.3. The van der Waals surface area contributed by atoms with Crippen molar-refractivity contribution in [2.24, 2.45) is 5.73 Å². The van der Waals surface area contributed by atoms with Crippen LogP contribution in [0.15, 0.2) is 16.6 Å². The van der Waals surface area contributed by atoms with Crippen LogP contribution in [0.1, 0.15) is 34.1 Å². The van der Waals surface area contributed by atoms with Gasteiger partial charge in [-0.05, 0) is 48.8 Å². The number of aryl methyl sites for hydroxylation is 3. The van der Waals surface area contributed by atoms with E-state index in [0.717, 1.165) is 23.1 Å². The molecule has 0 saturated carbocycles. The van der Waals surface area contributed by atoms with Gasteiger partial charge in [0.1, 0.15) is 0 Å². The van der Waals surface area contributed by atoms with Gasteiger partial charge < -0.3 is 5.73 Å². The fraction of sp³-hybridized carbons (Fsp3) is 0.462. The predicted octanol–water partition coefficient (Wildman–Crippen LogP) is 3.59. The molecule has 0 aliphatic carbocycles. The molecule has 1 unspecified atom stereocenters. The molecule has 2 N–H and O–H groups in total. The Morgan fingerprint density at radius 1 is 1.44 bits per heavy atom. The summed E-state index contributed by atoms with van der Waals surface area (Å²) in [6.45, 7) is 7.10. The average Bonchev–Trinajstić information content (AvgIpc) is 2.88. The van der Waals surface area contributed by atoms with Gasteiger partial charge in [0, 0.05) is 28.8 Å². The Hall–Kier alpha value is -0.650. The van der Waals surface area contributed by atoms with Gasteiger partial charge in [-0.2, -0.15) is 5.10 Å². The second-order valence-corrected chi connectivity index (χ2v) is 6.53. The minimum absolute atomic E-state index is 0.0430. The second-order valence-electron chi connectivity index (χ2n) is 4.42. The number of aromatic nitrogens is 2. The Morgan fingerprint density at radius 2 is 2.17 bits per heavy atom. The standard InChI is InChI=1S/C13H18BrN3S/c1-4-17-11(13(14)9(3)16-17)7-10(15)12-6-5-8(2)18-12/h5-6,10H,4,7,15H2,1-3H3. The van der Waals surface area contributed by atoms with Crippen molar-refractivity contribution in [1.82, 2.24) is 9.78 Å². The number of nitrogens with two attached hydrogens (primary N) is 1. The Balaban J connectivity index is 2.23. The summed E-state index contributed by atoms with van der Waals surface area (Å²) in [4.78, 5) is 2.54. The maximum absolute atomic E-state index is 6.29. The summed E-state index contributed by atoms with van der Waals surface area (Å²) in [7, 11) is 0. The highest BCUT2D eigenvalue weighted by atomic mass is 79.9. The molecule has 2 aromatic heterocycles. The van der Waals surface area contributed by atoms with E-state index in [9.17, 15) is 0 Å². The van der Waals surface area contributed by atoms with E-state index in [4.69, 9.17) is 5.73 Å². The van der Waals surface area contributed by atoms with Gasteiger partial charge in [0.2, 0.25) is 0 Å². The highest BCUT2D eigenvalue weighted by Crippen LogP contribution is 2.28. The van der Waals surface area contributed by atoms with Crippen molar-refractivity contribution < 1.29 is 0 Å². The molecule has 18 heavy (non-hydrogen) atoms. The molecule has 2 aromatic rings. The van der Waals surface area contributed by atoms with Crippen molar-refractivity contribution in [3.63, 3.8) is 0 Å². The minimum Gasteiger partial charge on any atom is -0.323 e. The Morgan fingerprint density at radius 3 is 2.72 bits per heavy atom. The second kappa shape index (κ2) is 5.55. The van der Waals surface area contributed by atoms with Crippen LogP contribution in [0.4, 0.5) is 0 Å². The van der Waals surface area contributed by atoms with Crippen LogP contribution in [-0.4, -0.2) is 9.78 Å². The van der Waals surface area contributed by atoms with Crippen molar-refractivity contribution in [3.8, 4) is 0 Å². The minimum atomic E-state index is 0.0430. The molecule has 1 atom stereocenters. The molecule has 0 radical (unpaired) electrons. The van der Waals surface area contributed by atoms with Crippen LogP contribution in [0, 0.1) is 13.8 Å². The molecule has 0 amide bonds. The molecule has 5 heteroatoms. The van der Waals surface area contributed by atoms with Crippen molar-refractivity contribution >= 4 is 27.3 Å². The zero-order chi connectivity index (χ0) is 13.3. The van der Waals surface area contributed by atoms with E-state index in [0.29, 0.717) is 0 Å². The summed E-state index contributed by atoms with van der Waals surface area (Å²) in [5, 5.41) is 4.50. The van der Waals surface area contributed by atoms with Crippen molar-refractivity contribution in [2.75, 3.05) is 0 Å². The van der Waals surface area contributed by atoms with E-state index in [2.05, 4.69) is 47.0 Å². The fourth-order valence-corrected chi connectivity index (χ4v) is 3.35. The summed E-state index contributed by atoms with van der Waals surface area (Å²) < 4.78 is 3.12. The Labute approximate surface area is 120 Å². The SMILES string of the molecule is CCn1nc(C)c(Br)c1CC(N)c1ccc(C)s1. The molecule has 3 nitrogen and oxygen atoms in total. The van der Waals surface area contributed by atoms with E-state index in [1.165, 1.54) is 15.4 Å². The summed E-state index contributed by atoms with van der Waals surface area (Å²) in [6, 6.07) is 4.29. The highest BCUT2D eigenvalue weighted by molar-refractivity contribution is 9.10. The molecule has 98 valence electrons. The van der Waals surface area contributed by atoms with Crippen molar-refractivity contribution in [2.45, 2.75) is 39.8 Å². The molecule has 0 bridgehead atoms. The molecule has 2 heterocycles. The van der Waals surface area contributed by atoms with Crippen LogP contribution >= 0.6 is 27.3 Å². The maximum Gasteiger partial charge on any atom is 0.0738 e. The lowest BCUT2D eigenvalue weighted by molar-refractivity contribution is 0.589. The number of hydrogen-bond acceptors (Lipinski definition) is 3. The molecule has 0 spiro atoms. The molecule has 0 aromatic carbocycles. The topological polar surface area (TPSA) is 43.8 Å². The molecular weight excluding hydrogens is 310 g/mol. The number of nitrogens with zero attached hydrogens (tertiary/aromatic N) is 2. The summed E-state index contributed by atoms with van der Waals surface area (Å²) >= 11 is 5.38. The van der Waals surface area contributed by atoms with Crippen LogP contribution in [-0.2, 0) is 13.0 Å². The van der Waals surface area contributed by atoms with Gasteiger partial charge in [-0.25, -0.2) is 0 Å². The normalized spacial score (nSPS) is 12.9. The van der Waals surface area contributed by atoms with Gasteiger partial charge in [0.05, 0.1) is 15.9 Å². The average molecular weight is 328 g/mol. The number of thiophene rings is 1. The molecule has 0 saturated heterocycles. The van der Waals surface area contributed by atoms with Gasteiger partial charge >= 0.3 is 0 Å². The van der Waals surface area contributed by atoms with Crippen LogP contribution in [0.3, 0.4) is 0 Å². The van der Waals surface area contributed by atoms with E-state index < -0.39 is 0 Å². The lowest BCUT2D eigenvalue weighted by Gasteiger charge is -2.11. The summed E-state index contributed by atoms with van der Waals surface area (Å²) in [5.41, 5.74) is 8.51. The third-order valence-corrected chi connectivity index (χ3v) is 5.16. The first-order valence-electron chi connectivity index (χ1n) is 6.06. The lowest BCUT2D eigenvalue weighted by Crippen LogP contribution is -2.15. The molecule has 0 fully saturated rings. The first kappa shape index (κ1) is 13.8. The van der Waals surface area contributed by atoms with Crippen molar-refractivity contribution in [3.05, 3.63) is 37.7 Å². The fourth-order valence-electron chi connectivity index (χ4n) is 2.03. The van der Waals surface area contributed by atoms with Crippen LogP contribution in [0.5, 0.6) is 0 Å². The van der Waals surface area contributed by atoms with Crippen molar-refractivity contribution in [1.29, 1.82) is 0 Å². The quantitative estimate of drug-likeness (QED) is 0.932. The lowest BCUT2D eigenvalue weighted by atomic mass is 10.1. The summed E-state index contributed by atoms with van der Waals surface area (Å²) in [5.74, 6) is 0. The third kappa shape index (κ3) is 2.68. The van der Waals surface area contributed by atoms with E-state index >= 15 is 0 Å². The van der Waals surface area contributed by atoms with E-state index in [-0.39, 0.29) is 6.04 Å². The van der Waals surface area contributed by atoms with Crippen LogP contribution in [0.25, 0.3) is 0 Å². The largest absolute Gasteiger partial charge is 0.323 e. The highest BCUT2D eigenvalue weighted by Gasteiger charge is 2.17. The Bertz CT molecular complexity index is 544. The molecule has 2 rings (SSSR count). The molecule has 0 aliphatic rings. The van der Waals surface area contributed by atoms with Crippen LogP contribution < -0.4 is 5.73 Å². The first-order valence-corrected chi connectivity index (χ1v) is 7.67. The summed E-state index contributed by atoms with van der Waals surface area (Å²) in [6.07, 6.45) is 0.815. The van der Waals surface area contributed by atoms with Gasteiger partial charge in [-0.1, -0.05) is 0 Å². The predicted molar refractivity (Wildman–Crippen MR) is 80.0 cm³/mol. The van der Waals surface area contributed by atoms with E-state index in [1.807, 2.05) is 11.6 Å². The molecule has 0 aliphatic heterocycles. The third-order valence-electron chi connectivity index (χ3n) is 2.99. The number of halogens is 1. The van der Waals surface area contributed by atoms with Gasteiger partial charge in [-0.15, -0.1) is 11.3 Å². The number of hydrogen-bond donors (Lipinski definition) is 1.